The summed E-state index contributed by atoms with van der Waals surface area (Å²) in [5.74, 6) is 0. The molecule has 4 aromatic rings. The third kappa shape index (κ3) is 3.17. The lowest BCUT2D eigenvalue weighted by Gasteiger charge is -2.35. The maximum Gasteiger partial charge on any atom is 0.0738 e. The van der Waals surface area contributed by atoms with E-state index in [1.807, 2.05) is 18.3 Å². The second-order valence-corrected chi connectivity index (χ2v) is 7.55. The Kier molecular flexibility index (Phi) is 4.52. The molecule has 5 nitrogen and oxygen atoms in total. The van der Waals surface area contributed by atoms with E-state index in [0.29, 0.717) is 6.04 Å². The van der Waals surface area contributed by atoms with E-state index in [0.717, 1.165) is 64.3 Å². The Labute approximate surface area is 170 Å². The van der Waals surface area contributed by atoms with E-state index in [1.165, 1.54) is 0 Å². The van der Waals surface area contributed by atoms with Crippen LogP contribution in [-0.2, 0) is 4.74 Å². The number of aromatic nitrogens is 3. The van der Waals surface area contributed by atoms with E-state index in [4.69, 9.17) is 9.72 Å². The molecule has 5 rings (SSSR count). The van der Waals surface area contributed by atoms with Gasteiger partial charge in [-0.3, -0.25) is 10.1 Å². The highest BCUT2D eigenvalue weighted by Gasteiger charge is 2.22. The van der Waals surface area contributed by atoms with Crippen LogP contribution in [-0.4, -0.2) is 41.0 Å². The second kappa shape index (κ2) is 7.33. The Bertz CT molecular complexity index is 1150. The van der Waals surface area contributed by atoms with Crippen molar-refractivity contribution < 1.29 is 4.74 Å². The SMILES string of the molecule is Cc1cccnc1-c1cc(N2CCOC[C@H]2C)[c]c2c(-c3ccn[nH]3)cccc12. The molecule has 1 fully saturated rings. The van der Waals surface area contributed by atoms with Gasteiger partial charge in [0.25, 0.3) is 0 Å². The molecule has 2 aromatic carbocycles. The molecule has 1 aliphatic rings. The van der Waals surface area contributed by atoms with E-state index in [-0.39, 0.29) is 0 Å². The standard InChI is InChI=1S/C24H23N4O/c1-16-5-4-9-25-24(16)22-14-18(28-11-12-29-15-17(28)2)13-21-19(22)6-3-7-20(21)23-8-10-26-27-23/h3-10,14,17H,11-12,15H2,1-2H3,(H,26,27)/t17-/m1/s1. The van der Waals surface area contributed by atoms with Crippen LogP contribution in [0.1, 0.15) is 12.5 Å². The van der Waals surface area contributed by atoms with Crippen LogP contribution in [0.25, 0.3) is 33.3 Å². The van der Waals surface area contributed by atoms with Gasteiger partial charge in [0.15, 0.2) is 0 Å². The highest BCUT2D eigenvalue weighted by atomic mass is 16.5. The largest absolute Gasteiger partial charge is 0.377 e. The summed E-state index contributed by atoms with van der Waals surface area (Å²) in [6.07, 6.45) is 3.65. The maximum atomic E-state index is 5.66. The third-order valence-corrected chi connectivity index (χ3v) is 5.62. The van der Waals surface area contributed by atoms with E-state index >= 15 is 0 Å². The molecule has 0 amide bonds. The molecule has 2 aromatic heterocycles. The number of rotatable bonds is 3. The Morgan fingerprint density at radius 3 is 2.86 bits per heavy atom. The van der Waals surface area contributed by atoms with Gasteiger partial charge in [-0.15, -0.1) is 0 Å². The summed E-state index contributed by atoms with van der Waals surface area (Å²) in [6, 6.07) is 18.7. The lowest BCUT2D eigenvalue weighted by atomic mass is 9.94. The molecular formula is C24H23N4O. The van der Waals surface area contributed by atoms with Crippen molar-refractivity contribution in [2.75, 3.05) is 24.7 Å². The van der Waals surface area contributed by atoms with Crippen molar-refractivity contribution >= 4 is 16.5 Å². The van der Waals surface area contributed by atoms with Crippen LogP contribution in [0.4, 0.5) is 5.69 Å². The van der Waals surface area contributed by atoms with Crippen molar-refractivity contribution in [2.45, 2.75) is 19.9 Å². The quantitative estimate of drug-likeness (QED) is 0.561. The molecule has 1 atom stereocenters. The van der Waals surface area contributed by atoms with Gasteiger partial charge in [0.2, 0.25) is 0 Å². The fourth-order valence-electron chi connectivity index (χ4n) is 4.12. The molecule has 0 saturated carbocycles. The zero-order valence-corrected chi connectivity index (χ0v) is 16.6. The minimum atomic E-state index is 0.300. The lowest BCUT2D eigenvalue weighted by Crippen LogP contribution is -2.43. The number of anilines is 1. The van der Waals surface area contributed by atoms with Crippen molar-refractivity contribution in [2.24, 2.45) is 0 Å². The van der Waals surface area contributed by atoms with E-state index in [2.05, 4.69) is 65.3 Å². The zero-order chi connectivity index (χ0) is 19.8. The number of hydrogen-bond acceptors (Lipinski definition) is 4. The van der Waals surface area contributed by atoms with Crippen LogP contribution in [0.3, 0.4) is 0 Å². The second-order valence-electron chi connectivity index (χ2n) is 7.55. The Morgan fingerprint density at radius 1 is 1.14 bits per heavy atom. The van der Waals surface area contributed by atoms with Crippen molar-refractivity contribution in [1.29, 1.82) is 0 Å². The first-order valence-electron chi connectivity index (χ1n) is 9.97. The summed E-state index contributed by atoms with van der Waals surface area (Å²) >= 11 is 0. The minimum absolute atomic E-state index is 0.300. The summed E-state index contributed by atoms with van der Waals surface area (Å²) in [4.78, 5) is 7.10. The lowest BCUT2D eigenvalue weighted by molar-refractivity contribution is 0.0989. The summed E-state index contributed by atoms with van der Waals surface area (Å²) in [5.41, 5.74) is 6.47. The maximum absolute atomic E-state index is 5.66. The van der Waals surface area contributed by atoms with Crippen LogP contribution in [0.5, 0.6) is 0 Å². The van der Waals surface area contributed by atoms with Crippen LogP contribution >= 0.6 is 0 Å². The number of nitrogens with one attached hydrogen (secondary N) is 1. The summed E-state index contributed by atoms with van der Waals surface area (Å²) < 4.78 is 5.66. The first-order chi connectivity index (χ1) is 14.2. The predicted molar refractivity (Wildman–Crippen MR) is 116 cm³/mol. The molecule has 0 bridgehead atoms. The Hall–Kier alpha value is -3.18. The molecule has 1 saturated heterocycles. The van der Waals surface area contributed by atoms with Gasteiger partial charge in [-0.25, -0.2) is 0 Å². The van der Waals surface area contributed by atoms with Crippen molar-refractivity contribution in [1.82, 2.24) is 15.2 Å². The van der Waals surface area contributed by atoms with Crippen LogP contribution in [0.2, 0.25) is 0 Å². The highest BCUT2D eigenvalue weighted by molar-refractivity contribution is 6.05. The number of aromatic amines is 1. The topological polar surface area (TPSA) is 54.0 Å². The third-order valence-electron chi connectivity index (χ3n) is 5.62. The van der Waals surface area contributed by atoms with Gasteiger partial charge < -0.3 is 9.64 Å². The average molecular weight is 383 g/mol. The van der Waals surface area contributed by atoms with E-state index in [9.17, 15) is 0 Å². The molecule has 1 N–H and O–H groups in total. The highest BCUT2D eigenvalue weighted by Crippen LogP contribution is 2.38. The summed E-state index contributed by atoms with van der Waals surface area (Å²) in [5, 5.41) is 9.47. The molecule has 1 aliphatic heterocycles. The molecule has 145 valence electrons. The molecule has 1 radical (unpaired) electrons. The first-order valence-corrected chi connectivity index (χ1v) is 9.97. The van der Waals surface area contributed by atoms with Gasteiger partial charge in [0, 0.05) is 53.2 Å². The number of morpholine rings is 1. The minimum Gasteiger partial charge on any atom is -0.377 e. The number of benzene rings is 2. The number of aryl methyl sites for hydroxylation is 1. The number of fused-ring (bicyclic) bond motifs is 1. The smallest absolute Gasteiger partial charge is 0.0738 e. The van der Waals surface area contributed by atoms with E-state index in [1.54, 1.807) is 6.20 Å². The fourth-order valence-corrected chi connectivity index (χ4v) is 4.12. The van der Waals surface area contributed by atoms with E-state index < -0.39 is 0 Å². The van der Waals surface area contributed by atoms with Crippen LogP contribution in [0, 0.1) is 13.0 Å². The molecule has 0 unspecified atom stereocenters. The molecule has 3 heterocycles. The molecular weight excluding hydrogens is 360 g/mol. The first kappa shape index (κ1) is 17.9. The van der Waals surface area contributed by atoms with Gasteiger partial charge in [0.05, 0.1) is 24.6 Å². The van der Waals surface area contributed by atoms with Gasteiger partial charge >= 0.3 is 0 Å². The van der Waals surface area contributed by atoms with Gasteiger partial charge in [0.1, 0.15) is 0 Å². The predicted octanol–water partition coefficient (Wildman–Crippen LogP) is 4.63. The number of H-pyrrole nitrogens is 1. The molecule has 29 heavy (non-hydrogen) atoms. The van der Waals surface area contributed by atoms with Gasteiger partial charge in [-0.2, -0.15) is 5.10 Å². The van der Waals surface area contributed by atoms with Gasteiger partial charge in [-0.1, -0.05) is 24.3 Å². The van der Waals surface area contributed by atoms with Crippen LogP contribution < -0.4 is 4.90 Å². The Morgan fingerprint density at radius 2 is 2.07 bits per heavy atom. The van der Waals surface area contributed by atoms with Gasteiger partial charge in [-0.05, 0) is 43.0 Å². The number of nitrogens with zero attached hydrogens (tertiary/aromatic N) is 3. The number of hydrogen-bond donors (Lipinski definition) is 1. The number of ether oxygens (including phenoxy) is 1. The van der Waals surface area contributed by atoms with Crippen molar-refractivity contribution in [3.63, 3.8) is 0 Å². The van der Waals surface area contributed by atoms with Crippen LogP contribution in [0.15, 0.2) is 54.9 Å². The molecule has 0 aliphatic carbocycles. The fraction of sp³-hybridized carbons (Fsp3) is 0.250. The van der Waals surface area contributed by atoms with Crippen molar-refractivity contribution in [3.8, 4) is 22.5 Å². The normalized spacial score (nSPS) is 17.0. The monoisotopic (exact) mass is 383 g/mol. The van der Waals surface area contributed by atoms with Crippen molar-refractivity contribution in [3.05, 3.63) is 66.5 Å². The summed E-state index contributed by atoms with van der Waals surface area (Å²) in [7, 11) is 0. The molecule has 0 spiro atoms. The molecule has 5 heteroatoms. The summed E-state index contributed by atoms with van der Waals surface area (Å²) in [6.45, 7) is 6.63. The number of pyridine rings is 1. The zero-order valence-electron chi connectivity index (χ0n) is 16.6. The Balaban J connectivity index is 1.80. The average Bonchev–Trinajstić information content (AvgIpc) is 3.28.